The first-order chi connectivity index (χ1) is 12.2. The SMILES string of the molecule is [O-][n+]1nc(CCCN2CCOCC2)nc2cc3c(cc21)CC(CO)C3. The van der Waals surface area contributed by atoms with Crippen LogP contribution in [-0.2, 0) is 24.0 Å². The van der Waals surface area contributed by atoms with E-state index in [9.17, 15) is 10.3 Å². The average Bonchev–Trinajstić information content (AvgIpc) is 3.03. The number of aliphatic hydroxyl groups is 1. The summed E-state index contributed by atoms with van der Waals surface area (Å²) in [5.41, 5.74) is 3.57. The molecule has 134 valence electrons. The van der Waals surface area contributed by atoms with Gasteiger partial charge in [0.2, 0.25) is 0 Å². The smallest absolute Gasteiger partial charge is 0.270 e. The molecular weight excluding hydrogens is 320 g/mol. The van der Waals surface area contributed by atoms with Crippen LogP contribution in [0.1, 0.15) is 23.4 Å². The molecule has 7 nitrogen and oxygen atoms in total. The highest BCUT2D eigenvalue weighted by Gasteiger charge is 2.24. The van der Waals surface area contributed by atoms with Crippen LogP contribution in [0.25, 0.3) is 11.0 Å². The maximum Gasteiger partial charge on any atom is 0.270 e. The zero-order valence-corrected chi connectivity index (χ0v) is 14.4. The fourth-order valence-corrected chi connectivity index (χ4v) is 3.82. The second-order valence-electron chi connectivity index (χ2n) is 7.03. The van der Waals surface area contributed by atoms with Crippen molar-refractivity contribution in [2.24, 2.45) is 5.92 Å². The van der Waals surface area contributed by atoms with Crippen molar-refractivity contribution < 1.29 is 14.7 Å². The number of hydrogen-bond donors (Lipinski definition) is 1. The molecule has 1 aromatic heterocycles. The van der Waals surface area contributed by atoms with Crippen LogP contribution in [0.5, 0.6) is 0 Å². The molecule has 0 spiro atoms. The predicted molar refractivity (Wildman–Crippen MR) is 92.1 cm³/mol. The highest BCUT2D eigenvalue weighted by Crippen LogP contribution is 2.28. The Morgan fingerprint density at radius 2 is 2.00 bits per heavy atom. The first kappa shape index (κ1) is 16.6. The number of fused-ring (bicyclic) bond motifs is 2. The van der Waals surface area contributed by atoms with Crippen LogP contribution >= 0.6 is 0 Å². The lowest BCUT2D eigenvalue weighted by atomic mass is 10.1. The van der Waals surface area contributed by atoms with Gasteiger partial charge in [0.25, 0.3) is 5.52 Å². The molecule has 25 heavy (non-hydrogen) atoms. The lowest BCUT2D eigenvalue weighted by molar-refractivity contribution is -0.644. The molecule has 1 N–H and O–H groups in total. The number of aliphatic hydroxyl groups excluding tert-OH is 1. The van der Waals surface area contributed by atoms with E-state index in [1.165, 1.54) is 5.56 Å². The van der Waals surface area contributed by atoms with Crippen molar-refractivity contribution in [3.05, 3.63) is 34.3 Å². The van der Waals surface area contributed by atoms with Gasteiger partial charge >= 0.3 is 0 Å². The Labute approximate surface area is 146 Å². The van der Waals surface area contributed by atoms with Gasteiger partial charge in [-0.1, -0.05) is 0 Å². The number of rotatable bonds is 5. The van der Waals surface area contributed by atoms with Crippen LogP contribution in [0.4, 0.5) is 0 Å². The molecule has 7 heteroatoms. The summed E-state index contributed by atoms with van der Waals surface area (Å²) in [5, 5.41) is 25.8. The lowest BCUT2D eigenvalue weighted by Crippen LogP contribution is -2.37. The summed E-state index contributed by atoms with van der Waals surface area (Å²) in [6, 6.07) is 3.90. The lowest BCUT2D eigenvalue weighted by Gasteiger charge is -2.26. The number of hydrogen-bond acceptors (Lipinski definition) is 6. The Balaban J connectivity index is 1.48. The van der Waals surface area contributed by atoms with Crippen LogP contribution in [0, 0.1) is 11.1 Å². The van der Waals surface area contributed by atoms with Gasteiger partial charge in [-0.05, 0) is 53.8 Å². The number of aryl methyl sites for hydroxylation is 1. The number of benzene rings is 1. The Kier molecular flexibility index (Phi) is 4.78. The van der Waals surface area contributed by atoms with Gasteiger partial charge in [0, 0.05) is 37.3 Å². The van der Waals surface area contributed by atoms with E-state index in [1.54, 1.807) is 0 Å². The minimum Gasteiger partial charge on any atom is -0.594 e. The van der Waals surface area contributed by atoms with Gasteiger partial charge in [0.05, 0.1) is 13.2 Å². The summed E-state index contributed by atoms with van der Waals surface area (Å²) in [5.74, 6) is 0.861. The van der Waals surface area contributed by atoms with E-state index < -0.39 is 0 Å². The standard InChI is InChI=1S/C18H24N4O3/c23-12-13-8-14-10-16-17(11-15(14)9-13)22(24)20-18(19-16)2-1-3-21-4-6-25-7-5-21/h10-11,13,23H,1-9,12H2. The summed E-state index contributed by atoms with van der Waals surface area (Å²) >= 11 is 0. The van der Waals surface area contributed by atoms with Gasteiger partial charge in [-0.2, -0.15) is 0 Å². The third kappa shape index (κ3) is 3.58. The molecule has 1 atom stereocenters. The molecule has 0 amide bonds. The molecule has 2 heterocycles. The van der Waals surface area contributed by atoms with Crippen LogP contribution in [0.15, 0.2) is 12.1 Å². The van der Waals surface area contributed by atoms with Gasteiger partial charge in [0.1, 0.15) is 5.52 Å². The quantitative estimate of drug-likeness (QED) is 0.618. The summed E-state index contributed by atoms with van der Waals surface area (Å²) in [7, 11) is 0. The first-order valence-electron chi connectivity index (χ1n) is 9.06. The summed E-state index contributed by atoms with van der Waals surface area (Å²) in [6.45, 7) is 4.70. The average molecular weight is 344 g/mol. The van der Waals surface area contributed by atoms with Gasteiger partial charge in [-0.25, -0.2) is 4.98 Å². The van der Waals surface area contributed by atoms with Crippen molar-refractivity contribution in [2.75, 3.05) is 39.5 Å². The van der Waals surface area contributed by atoms with Gasteiger partial charge < -0.3 is 15.1 Å². The number of aromatic nitrogens is 3. The topological polar surface area (TPSA) is 85.4 Å². The van der Waals surface area contributed by atoms with E-state index >= 15 is 0 Å². The normalized spacial score (nSPS) is 20.9. The van der Waals surface area contributed by atoms with Crippen molar-refractivity contribution in [1.29, 1.82) is 0 Å². The zero-order chi connectivity index (χ0) is 17.2. The van der Waals surface area contributed by atoms with Crippen LogP contribution in [-0.4, -0.2) is 59.5 Å². The molecule has 2 aromatic rings. The minimum absolute atomic E-state index is 0.181. The molecule has 1 aliphatic carbocycles. The monoisotopic (exact) mass is 344 g/mol. The zero-order valence-electron chi connectivity index (χ0n) is 14.4. The number of nitrogens with zero attached hydrogens (tertiary/aromatic N) is 4. The maximum atomic E-state index is 12.3. The molecular formula is C18H24N4O3. The van der Waals surface area contributed by atoms with E-state index in [0.717, 1.165) is 57.7 Å². The van der Waals surface area contributed by atoms with Crippen molar-refractivity contribution >= 4 is 11.0 Å². The van der Waals surface area contributed by atoms with Crippen LogP contribution in [0.3, 0.4) is 0 Å². The molecule has 1 saturated heterocycles. The largest absolute Gasteiger partial charge is 0.594 e. The second kappa shape index (κ2) is 7.19. The third-order valence-electron chi connectivity index (χ3n) is 5.21. The molecule has 4 rings (SSSR count). The molecule has 2 aliphatic rings. The summed E-state index contributed by atoms with van der Waals surface area (Å²) in [4.78, 5) is 7.69. The summed E-state index contributed by atoms with van der Waals surface area (Å²) in [6.07, 6.45) is 3.31. The summed E-state index contributed by atoms with van der Waals surface area (Å²) < 4.78 is 5.35. The van der Waals surface area contributed by atoms with Crippen molar-refractivity contribution in [2.45, 2.75) is 25.7 Å². The van der Waals surface area contributed by atoms with Crippen LogP contribution in [0.2, 0.25) is 0 Å². The van der Waals surface area contributed by atoms with Crippen molar-refractivity contribution in [3.8, 4) is 0 Å². The Morgan fingerprint density at radius 1 is 1.24 bits per heavy atom. The maximum absolute atomic E-state index is 12.3. The molecule has 0 radical (unpaired) electrons. The highest BCUT2D eigenvalue weighted by molar-refractivity contribution is 5.73. The molecule has 1 fully saturated rings. The Morgan fingerprint density at radius 3 is 2.76 bits per heavy atom. The molecule has 0 saturated carbocycles. The number of ether oxygens (including phenoxy) is 1. The fourth-order valence-electron chi connectivity index (χ4n) is 3.82. The van der Waals surface area contributed by atoms with E-state index in [0.29, 0.717) is 28.1 Å². The minimum atomic E-state index is 0.181. The fraction of sp³-hybridized carbons (Fsp3) is 0.611. The molecule has 1 aliphatic heterocycles. The van der Waals surface area contributed by atoms with E-state index in [2.05, 4.69) is 15.0 Å². The van der Waals surface area contributed by atoms with Gasteiger partial charge in [-0.15, -0.1) is 0 Å². The van der Waals surface area contributed by atoms with Crippen LogP contribution < -0.4 is 4.85 Å². The molecule has 0 bridgehead atoms. The molecule has 1 unspecified atom stereocenters. The Hall–Kier alpha value is -1.83. The highest BCUT2D eigenvalue weighted by atomic mass is 16.5. The second-order valence-corrected chi connectivity index (χ2v) is 7.03. The third-order valence-corrected chi connectivity index (χ3v) is 5.21. The Bertz CT molecular complexity index is 762. The predicted octanol–water partition coefficient (Wildman–Crippen LogP) is 0.235. The first-order valence-corrected chi connectivity index (χ1v) is 9.06. The van der Waals surface area contributed by atoms with Gasteiger partial charge in [0.15, 0.2) is 5.82 Å². The van der Waals surface area contributed by atoms with Crippen molar-refractivity contribution in [1.82, 2.24) is 15.0 Å². The number of morpholine rings is 1. The van der Waals surface area contributed by atoms with E-state index in [4.69, 9.17) is 4.74 Å². The van der Waals surface area contributed by atoms with E-state index in [-0.39, 0.29) is 12.5 Å². The van der Waals surface area contributed by atoms with Crippen molar-refractivity contribution in [3.63, 3.8) is 0 Å². The van der Waals surface area contributed by atoms with E-state index in [1.807, 2.05) is 12.1 Å². The molecule has 1 aromatic carbocycles. The van der Waals surface area contributed by atoms with Gasteiger partial charge in [-0.3, -0.25) is 4.90 Å².